The minimum atomic E-state index is -0.150. The van der Waals surface area contributed by atoms with E-state index in [1.807, 2.05) is 102 Å². The van der Waals surface area contributed by atoms with Gasteiger partial charge in [-0.3, -0.25) is 9.59 Å². The first-order chi connectivity index (χ1) is 15.7. The van der Waals surface area contributed by atoms with Crippen molar-refractivity contribution < 1.29 is 9.59 Å². The summed E-state index contributed by atoms with van der Waals surface area (Å²) in [6, 6.07) is 31.5. The van der Waals surface area contributed by atoms with E-state index < -0.39 is 0 Å². The first kappa shape index (κ1) is 20.3. The zero-order chi connectivity index (χ0) is 21.9. The zero-order valence-electron chi connectivity index (χ0n) is 17.4. The second-order valence-corrected chi connectivity index (χ2v) is 8.88. The van der Waals surface area contributed by atoms with Crippen molar-refractivity contribution >= 4 is 40.0 Å². The maximum Gasteiger partial charge on any atom is 0.255 e. The van der Waals surface area contributed by atoms with Gasteiger partial charge in [0.2, 0.25) is 5.91 Å². The highest BCUT2D eigenvalue weighted by Crippen LogP contribution is 2.39. The summed E-state index contributed by atoms with van der Waals surface area (Å²) in [6.07, 6.45) is 0. The van der Waals surface area contributed by atoms with E-state index in [0.29, 0.717) is 17.9 Å². The smallest absolute Gasteiger partial charge is 0.255 e. The number of carbonyl (C=O) groups is 2. The SMILES string of the molecule is O=C(Nc1ccc2ccccc2c1)c1ccc([C@H]2SCC(=O)N2Cc2ccccc2)cc1. The molecule has 4 aromatic rings. The van der Waals surface area contributed by atoms with Crippen molar-refractivity contribution in [3.05, 3.63) is 114 Å². The standard InChI is InChI=1S/C27H22N2O2S/c30-25-18-32-27(29(25)17-19-6-2-1-3-7-19)22-12-10-21(11-13-22)26(31)28-24-15-14-20-8-4-5-9-23(20)16-24/h1-16,27H,17-18H2,(H,28,31)/t27-/m1/s1. The molecule has 0 spiro atoms. The number of thioether (sulfide) groups is 1. The van der Waals surface area contributed by atoms with Crippen LogP contribution in [0.4, 0.5) is 5.69 Å². The van der Waals surface area contributed by atoms with Crippen LogP contribution in [0.1, 0.15) is 26.9 Å². The van der Waals surface area contributed by atoms with Crippen LogP contribution in [0.25, 0.3) is 10.8 Å². The molecule has 5 rings (SSSR count). The number of amides is 2. The number of anilines is 1. The summed E-state index contributed by atoms with van der Waals surface area (Å²) >= 11 is 1.62. The van der Waals surface area contributed by atoms with Crippen LogP contribution in [-0.2, 0) is 11.3 Å². The van der Waals surface area contributed by atoms with E-state index in [1.54, 1.807) is 11.8 Å². The van der Waals surface area contributed by atoms with Crippen LogP contribution >= 0.6 is 11.8 Å². The quantitative estimate of drug-likeness (QED) is 0.424. The first-order valence-corrected chi connectivity index (χ1v) is 11.6. The van der Waals surface area contributed by atoms with Crippen molar-refractivity contribution in [3.8, 4) is 0 Å². The van der Waals surface area contributed by atoms with E-state index in [1.165, 1.54) is 0 Å². The van der Waals surface area contributed by atoms with Crippen molar-refractivity contribution in [2.75, 3.05) is 11.1 Å². The Hall–Kier alpha value is -3.57. The molecule has 0 bridgehead atoms. The summed E-state index contributed by atoms with van der Waals surface area (Å²) in [5.74, 6) is 0.465. The van der Waals surface area contributed by atoms with Gasteiger partial charge < -0.3 is 10.2 Å². The Balaban J connectivity index is 1.30. The zero-order valence-corrected chi connectivity index (χ0v) is 18.2. The fourth-order valence-corrected chi connectivity index (χ4v) is 5.14. The molecule has 1 saturated heterocycles. The van der Waals surface area contributed by atoms with Crippen LogP contribution in [0.15, 0.2) is 97.1 Å². The van der Waals surface area contributed by atoms with Gasteiger partial charge in [-0.25, -0.2) is 0 Å². The molecule has 1 aliphatic heterocycles. The number of benzene rings is 4. The molecule has 1 N–H and O–H groups in total. The minimum Gasteiger partial charge on any atom is -0.322 e. The number of hydrogen-bond donors (Lipinski definition) is 1. The van der Waals surface area contributed by atoms with E-state index in [4.69, 9.17) is 0 Å². The van der Waals surface area contributed by atoms with Crippen LogP contribution in [0.2, 0.25) is 0 Å². The second kappa shape index (κ2) is 8.89. The Morgan fingerprint density at radius 2 is 1.59 bits per heavy atom. The number of hydrogen-bond acceptors (Lipinski definition) is 3. The van der Waals surface area contributed by atoms with Gasteiger partial charge in [0.1, 0.15) is 5.37 Å². The van der Waals surface area contributed by atoms with Crippen molar-refractivity contribution in [2.45, 2.75) is 11.9 Å². The molecular weight excluding hydrogens is 416 g/mol. The van der Waals surface area contributed by atoms with Crippen LogP contribution < -0.4 is 5.32 Å². The molecule has 1 aliphatic rings. The lowest BCUT2D eigenvalue weighted by Crippen LogP contribution is -2.27. The Bertz CT molecular complexity index is 1270. The molecule has 0 radical (unpaired) electrons. The number of carbonyl (C=O) groups excluding carboxylic acids is 2. The third kappa shape index (κ3) is 4.25. The molecule has 1 fully saturated rings. The van der Waals surface area contributed by atoms with Gasteiger partial charge in [-0.2, -0.15) is 0 Å². The van der Waals surface area contributed by atoms with Gasteiger partial charge in [-0.15, -0.1) is 11.8 Å². The predicted molar refractivity (Wildman–Crippen MR) is 131 cm³/mol. The molecule has 5 heteroatoms. The van der Waals surface area contributed by atoms with Crippen molar-refractivity contribution in [3.63, 3.8) is 0 Å². The van der Waals surface area contributed by atoms with Crippen LogP contribution in [0.5, 0.6) is 0 Å². The molecule has 1 heterocycles. The van der Waals surface area contributed by atoms with Crippen molar-refractivity contribution in [1.82, 2.24) is 4.90 Å². The van der Waals surface area contributed by atoms with Gasteiger partial charge in [-0.1, -0.05) is 72.8 Å². The van der Waals surface area contributed by atoms with Gasteiger partial charge in [0.15, 0.2) is 0 Å². The molecule has 0 saturated carbocycles. The molecular formula is C27H22N2O2S. The molecule has 0 aromatic heterocycles. The molecule has 2 amide bonds. The number of fused-ring (bicyclic) bond motifs is 1. The van der Waals surface area contributed by atoms with Gasteiger partial charge in [0.25, 0.3) is 5.91 Å². The summed E-state index contributed by atoms with van der Waals surface area (Å²) in [5, 5.41) is 5.16. The van der Waals surface area contributed by atoms with Crippen molar-refractivity contribution in [2.24, 2.45) is 0 Å². The van der Waals surface area contributed by atoms with E-state index in [2.05, 4.69) is 5.32 Å². The monoisotopic (exact) mass is 438 g/mol. The van der Waals surface area contributed by atoms with Gasteiger partial charge >= 0.3 is 0 Å². The fraction of sp³-hybridized carbons (Fsp3) is 0.111. The highest BCUT2D eigenvalue weighted by molar-refractivity contribution is 8.00. The first-order valence-electron chi connectivity index (χ1n) is 10.5. The van der Waals surface area contributed by atoms with Gasteiger partial charge in [0.05, 0.1) is 5.75 Å². The van der Waals surface area contributed by atoms with Gasteiger partial charge in [-0.05, 0) is 46.2 Å². The highest BCUT2D eigenvalue weighted by Gasteiger charge is 2.32. The van der Waals surface area contributed by atoms with Crippen LogP contribution in [0, 0.1) is 0 Å². The number of nitrogens with zero attached hydrogens (tertiary/aromatic N) is 1. The number of nitrogens with one attached hydrogen (secondary N) is 1. The molecule has 4 nitrogen and oxygen atoms in total. The summed E-state index contributed by atoms with van der Waals surface area (Å²) in [4.78, 5) is 27.1. The van der Waals surface area contributed by atoms with Crippen LogP contribution in [0.3, 0.4) is 0 Å². The van der Waals surface area contributed by atoms with Gasteiger partial charge in [0, 0.05) is 17.8 Å². The third-order valence-corrected chi connectivity index (χ3v) is 6.89. The maximum atomic E-state index is 12.8. The third-order valence-electron chi connectivity index (χ3n) is 5.63. The lowest BCUT2D eigenvalue weighted by Gasteiger charge is -2.24. The predicted octanol–water partition coefficient (Wildman–Crippen LogP) is 5.87. The average Bonchev–Trinajstić information content (AvgIpc) is 3.19. The fourth-order valence-electron chi connectivity index (χ4n) is 3.95. The van der Waals surface area contributed by atoms with Crippen molar-refractivity contribution in [1.29, 1.82) is 0 Å². The number of rotatable bonds is 5. The highest BCUT2D eigenvalue weighted by atomic mass is 32.2. The molecule has 32 heavy (non-hydrogen) atoms. The summed E-state index contributed by atoms with van der Waals surface area (Å²) in [5.41, 5.74) is 3.49. The van der Waals surface area contributed by atoms with E-state index >= 15 is 0 Å². The largest absolute Gasteiger partial charge is 0.322 e. The Kier molecular flexibility index (Phi) is 5.65. The normalized spacial score (nSPS) is 15.8. The Morgan fingerprint density at radius 3 is 2.38 bits per heavy atom. The van der Waals surface area contributed by atoms with E-state index in [0.717, 1.165) is 27.6 Å². The van der Waals surface area contributed by atoms with E-state index in [9.17, 15) is 9.59 Å². The Morgan fingerprint density at radius 1 is 0.875 bits per heavy atom. The van der Waals surface area contributed by atoms with E-state index in [-0.39, 0.29) is 17.2 Å². The lowest BCUT2D eigenvalue weighted by atomic mass is 10.1. The molecule has 1 atom stereocenters. The summed E-state index contributed by atoms with van der Waals surface area (Å²) in [7, 11) is 0. The average molecular weight is 439 g/mol. The molecule has 0 unspecified atom stereocenters. The lowest BCUT2D eigenvalue weighted by molar-refractivity contribution is -0.128. The van der Waals surface area contributed by atoms with Crippen LogP contribution in [-0.4, -0.2) is 22.5 Å². The second-order valence-electron chi connectivity index (χ2n) is 7.81. The maximum absolute atomic E-state index is 12.8. The molecule has 158 valence electrons. The summed E-state index contributed by atoms with van der Waals surface area (Å²) in [6.45, 7) is 0.585. The topological polar surface area (TPSA) is 49.4 Å². The Labute approximate surface area is 191 Å². The molecule has 0 aliphatic carbocycles. The summed E-state index contributed by atoms with van der Waals surface area (Å²) < 4.78 is 0. The molecule has 4 aromatic carbocycles. The minimum absolute atomic E-state index is 0.0414.